The van der Waals surface area contributed by atoms with Crippen molar-refractivity contribution >= 4 is 34.2 Å². The zero-order valence-electron chi connectivity index (χ0n) is 18.2. The Morgan fingerprint density at radius 2 is 1.76 bits per heavy atom. The Morgan fingerprint density at radius 3 is 2.56 bits per heavy atom. The molecule has 3 heterocycles. The lowest BCUT2D eigenvalue weighted by Crippen LogP contribution is -2.45. The standard InChI is InChI=1S/C26H21N3O5/c30-24(29-14-13-28(16-9-10-16)19-6-2-3-7-20(19)29)18-15-27-12-11-22(18)34-26-23(25(31)32)17-5-1-4-8-21(17)33-26/h1-8,11-12,15-16H,9-10,13-14H2,(H,31,32). The minimum atomic E-state index is -1.17. The van der Waals surface area contributed by atoms with Gasteiger partial charge in [-0.1, -0.05) is 30.3 Å². The fourth-order valence-corrected chi connectivity index (χ4v) is 4.53. The Labute approximate surface area is 195 Å². The molecule has 0 saturated heterocycles. The number of hydrogen-bond acceptors (Lipinski definition) is 6. The van der Waals surface area contributed by atoms with Gasteiger partial charge in [0, 0.05) is 43.0 Å². The molecule has 1 amide bonds. The monoisotopic (exact) mass is 455 g/mol. The summed E-state index contributed by atoms with van der Waals surface area (Å²) in [5.41, 5.74) is 2.42. The van der Waals surface area contributed by atoms with Crippen molar-refractivity contribution in [2.45, 2.75) is 18.9 Å². The van der Waals surface area contributed by atoms with E-state index in [9.17, 15) is 14.7 Å². The molecule has 0 bridgehead atoms. The number of benzene rings is 2. The molecular weight excluding hydrogens is 434 g/mol. The molecule has 2 aromatic heterocycles. The molecule has 2 aromatic carbocycles. The highest BCUT2D eigenvalue weighted by Crippen LogP contribution is 2.41. The molecule has 1 aliphatic carbocycles. The van der Waals surface area contributed by atoms with E-state index in [1.807, 2.05) is 24.3 Å². The summed E-state index contributed by atoms with van der Waals surface area (Å²) in [5, 5.41) is 10.2. The molecule has 1 aliphatic heterocycles. The second-order valence-corrected chi connectivity index (χ2v) is 8.41. The Morgan fingerprint density at radius 1 is 1.00 bits per heavy atom. The maximum atomic E-state index is 13.7. The van der Waals surface area contributed by atoms with E-state index in [1.54, 1.807) is 35.2 Å². The molecule has 0 radical (unpaired) electrons. The highest BCUT2D eigenvalue weighted by Gasteiger charge is 2.36. The predicted octanol–water partition coefficient (Wildman–Crippen LogP) is 4.95. The zero-order valence-corrected chi connectivity index (χ0v) is 18.2. The van der Waals surface area contributed by atoms with Crippen molar-refractivity contribution in [3.63, 3.8) is 0 Å². The molecule has 6 rings (SSSR count). The van der Waals surface area contributed by atoms with Crippen molar-refractivity contribution in [2.24, 2.45) is 0 Å². The molecule has 1 saturated carbocycles. The van der Waals surface area contributed by atoms with Gasteiger partial charge in [0.15, 0.2) is 5.56 Å². The number of anilines is 2. The summed E-state index contributed by atoms with van der Waals surface area (Å²) in [7, 11) is 0. The van der Waals surface area contributed by atoms with E-state index in [-0.39, 0.29) is 28.7 Å². The molecule has 0 atom stereocenters. The third kappa shape index (κ3) is 3.35. The topological polar surface area (TPSA) is 96.1 Å². The number of pyridine rings is 1. The van der Waals surface area contributed by atoms with Gasteiger partial charge >= 0.3 is 11.9 Å². The maximum absolute atomic E-state index is 13.7. The van der Waals surface area contributed by atoms with E-state index in [4.69, 9.17) is 9.15 Å². The van der Waals surface area contributed by atoms with Crippen LogP contribution >= 0.6 is 0 Å². The van der Waals surface area contributed by atoms with Crippen LogP contribution in [-0.2, 0) is 0 Å². The average Bonchev–Trinajstić information content (AvgIpc) is 3.63. The summed E-state index contributed by atoms with van der Waals surface area (Å²) in [6.07, 6.45) is 5.28. The third-order valence-corrected chi connectivity index (χ3v) is 6.27. The molecule has 1 fully saturated rings. The lowest BCUT2D eigenvalue weighted by atomic mass is 10.1. The number of fused-ring (bicyclic) bond motifs is 2. The second-order valence-electron chi connectivity index (χ2n) is 8.41. The number of nitrogens with zero attached hydrogens (tertiary/aromatic N) is 3. The van der Waals surface area contributed by atoms with Gasteiger partial charge in [-0.05, 0) is 31.0 Å². The largest absolute Gasteiger partial charge is 0.477 e. The van der Waals surface area contributed by atoms with Gasteiger partial charge in [-0.25, -0.2) is 4.79 Å². The lowest BCUT2D eigenvalue weighted by Gasteiger charge is -2.38. The molecule has 4 aromatic rings. The van der Waals surface area contributed by atoms with Crippen LogP contribution in [0.1, 0.15) is 33.6 Å². The van der Waals surface area contributed by atoms with Crippen molar-refractivity contribution in [1.29, 1.82) is 0 Å². The van der Waals surface area contributed by atoms with Crippen molar-refractivity contribution in [3.05, 3.63) is 78.1 Å². The highest BCUT2D eigenvalue weighted by atomic mass is 16.6. The lowest BCUT2D eigenvalue weighted by molar-refractivity contribution is 0.0694. The Hall–Kier alpha value is -4.33. The number of carboxylic acid groups (broad SMARTS) is 1. The molecule has 8 heteroatoms. The second kappa shape index (κ2) is 7.91. The van der Waals surface area contributed by atoms with Crippen LogP contribution in [-0.4, -0.2) is 41.1 Å². The molecule has 0 spiro atoms. The summed E-state index contributed by atoms with van der Waals surface area (Å²) in [6.45, 7) is 1.28. The van der Waals surface area contributed by atoms with Gasteiger partial charge in [0.2, 0.25) is 0 Å². The van der Waals surface area contributed by atoms with Crippen LogP contribution in [0.15, 0.2) is 71.4 Å². The van der Waals surface area contributed by atoms with Crippen LogP contribution in [0.3, 0.4) is 0 Å². The van der Waals surface area contributed by atoms with Crippen LogP contribution in [0.2, 0.25) is 0 Å². The van der Waals surface area contributed by atoms with Crippen molar-refractivity contribution in [3.8, 4) is 11.7 Å². The van der Waals surface area contributed by atoms with Gasteiger partial charge in [0.05, 0.1) is 11.4 Å². The van der Waals surface area contributed by atoms with Gasteiger partial charge in [0.1, 0.15) is 16.9 Å². The number of aromatic nitrogens is 1. The van der Waals surface area contributed by atoms with Crippen molar-refractivity contribution < 1.29 is 23.8 Å². The summed E-state index contributed by atoms with van der Waals surface area (Å²) < 4.78 is 11.6. The van der Waals surface area contributed by atoms with E-state index in [0.717, 1.165) is 17.9 Å². The number of amides is 1. The first-order valence-corrected chi connectivity index (χ1v) is 11.2. The molecule has 170 valence electrons. The van der Waals surface area contributed by atoms with Gasteiger partial charge in [-0.2, -0.15) is 0 Å². The SMILES string of the molecule is O=C(O)c1c(Oc2ccncc2C(=O)N2CCN(C3CC3)c3ccccc32)oc2ccccc12. The van der Waals surface area contributed by atoms with E-state index < -0.39 is 5.97 Å². The van der Waals surface area contributed by atoms with Crippen LogP contribution < -0.4 is 14.5 Å². The fourth-order valence-electron chi connectivity index (χ4n) is 4.53. The van der Waals surface area contributed by atoms with Gasteiger partial charge in [-0.15, -0.1) is 0 Å². The first kappa shape index (κ1) is 20.3. The number of carbonyl (C=O) groups excluding carboxylic acids is 1. The fraction of sp³-hybridized carbons (Fsp3) is 0.192. The summed E-state index contributed by atoms with van der Waals surface area (Å²) in [6, 6.07) is 16.8. The van der Waals surface area contributed by atoms with Gasteiger partial charge in [-0.3, -0.25) is 9.78 Å². The van der Waals surface area contributed by atoms with Crippen LogP contribution in [0.4, 0.5) is 11.4 Å². The molecular formula is C26H21N3O5. The molecule has 1 N–H and O–H groups in total. The van der Waals surface area contributed by atoms with E-state index in [0.29, 0.717) is 23.6 Å². The van der Waals surface area contributed by atoms with Crippen molar-refractivity contribution in [2.75, 3.05) is 22.9 Å². The first-order valence-electron chi connectivity index (χ1n) is 11.2. The number of carbonyl (C=O) groups is 2. The Kier molecular flexibility index (Phi) is 4.72. The van der Waals surface area contributed by atoms with Crippen LogP contribution in [0, 0.1) is 0 Å². The Bertz CT molecular complexity index is 1420. The molecule has 0 unspecified atom stereocenters. The molecule has 34 heavy (non-hydrogen) atoms. The molecule has 8 nitrogen and oxygen atoms in total. The predicted molar refractivity (Wildman–Crippen MR) is 126 cm³/mol. The van der Waals surface area contributed by atoms with E-state index >= 15 is 0 Å². The summed E-state index contributed by atoms with van der Waals surface area (Å²) in [5.74, 6) is -1.43. The van der Waals surface area contributed by atoms with E-state index in [1.165, 1.54) is 25.2 Å². The minimum absolute atomic E-state index is 0.0887. The summed E-state index contributed by atoms with van der Waals surface area (Å²) >= 11 is 0. The molecule has 2 aliphatic rings. The number of para-hydroxylation sites is 3. The quantitative estimate of drug-likeness (QED) is 0.455. The smallest absolute Gasteiger partial charge is 0.343 e. The number of hydrogen-bond donors (Lipinski definition) is 1. The maximum Gasteiger partial charge on any atom is 0.343 e. The number of rotatable bonds is 5. The zero-order chi connectivity index (χ0) is 23.2. The minimum Gasteiger partial charge on any atom is -0.477 e. The number of carboxylic acids is 1. The van der Waals surface area contributed by atoms with Crippen LogP contribution in [0.25, 0.3) is 11.0 Å². The normalized spacial score (nSPS) is 15.3. The number of ether oxygens (including phenoxy) is 1. The van der Waals surface area contributed by atoms with Crippen molar-refractivity contribution in [1.82, 2.24) is 4.98 Å². The first-order chi connectivity index (χ1) is 16.6. The van der Waals surface area contributed by atoms with Crippen LogP contribution in [0.5, 0.6) is 11.7 Å². The van der Waals surface area contributed by atoms with Gasteiger partial charge < -0.3 is 24.1 Å². The highest BCUT2D eigenvalue weighted by molar-refractivity contribution is 6.10. The average molecular weight is 455 g/mol. The van der Waals surface area contributed by atoms with Gasteiger partial charge in [0.25, 0.3) is 5.91 Å². The Balaban J connectivity index is 1.37. The third-order valence-electron chi connectivity index (χ3n) is 6.27. The summed E-state index contributed by atoms with van der Waals surface area (Å²) in [4.78, 5) is 33.9. The number of aromatic carboxylic acids is 1. The number of furan rings is 1. The van der Waals surface area contributed by atoms with E-state index in [2.05, 4.69) is 9.88 Å².